The van der Waals surface area contributed by atoms with E-state index in [2.05, 4.69) is 10.2 Å². The largest absolute Gasteiger partial charge is 0.351 e. The predicted molar refractivity (Wildman–Crippen MR) is 78.5 cm³/mol. The number of urea groups is 1. The summed E-state index contributed by atoms with van der Waals surface area (Å²) >= 11 is 0. The molecular weight excluding hydrogens is 270 g/mol. The molecule has 1 aliphatic heterocycles. The van der Waals surface area contributed by atoms with Crippen molar-refractivity contribution in [1.82, 2.24) is 10.2 Å². The molecule has 3 unspecified atom stereocenters. The Hall–Kier alpha value is -1.43. The van der Waals surface area contributed by atoms with Crippen LogP contribution in [0.15, 0.2) is 0 Å². The molecule has 1 saturated heterocycles. The monoisotopic (exact) mass is 295 g/mol. The van der Waals surface area contributed by atoms with Crippen molar-refractivity contribution in [3.8, 4) is 0 Å². The number of Topliss-reactive ketones (excluding diaryl/α,β-unsaturated/α-hetero) is 1. The molecule has 0 spiro atoms. The Bertz CT molecular complexity index is 424. The highest BCUT2D eigenvalue weighted by Crippen LogP contribution is 2.32. The van der Waals surface area contributed by atoms with Crippen molar-refractivity contribution in [2.45, 2.75) is 64.0 Å². The van der Waals surface area contributed by atoms with Crippen LogP contribution in [0.2, 0.25) is 0 Å². The summed E-state index contributed by atoms with van der Waals surface area (Å²) in [6.45, 7) is 2.58. The first-order valence-corrected chi connectivity index (χ1v) is 7.89. The summed E-state index contributed by atoms with van der Waals surface area (Å²) in [5.41, 5.74) is 5.02. The van der Waals surface area contributed by atoms with Gasteiger partial charge in [-0.3, -0.25) is 19.8 Å². The highest BCUT2D eigenvalue weighted by molar-refractivity contribution is 5.96. The number of piperidine rings is 1. The van der Waals surface area contributed by atoms with Crippen molar-refractivity contribution in [3.63, 3.8) is 0 Å². The molecule has 0 aromatic carbocycles. The minimum absolute atomic E-state index is 0.0443. The zero-order valence-electron chi connectivity index (χ0n) is 12.6. The summed E-state index contributed by atoms with van der Waals surface area (Å²) in [5.74, 6) is 0.00111. The van der Waals surface area contributed by atoms with E-state index in [0.717, 1.165) is 45.1 Å². The first kappa shape index (κ1) is 15.9. The Labute approximate surface area is 125 Å². The number of amides is 3. The van der Waals surface area contributed by atoms with Gasteiger partial charge in [0, 0.05) is 18.4 Å². The molecule has 118 valence electrons. The Kier molecular flexibility index (Phi) is 5.33. The molecule has 3 amide bonds. The molecule has 0 bridgehead atoms. The molecule has 0 radical (unpaired) electrons. The summed E-state index contributed by atoms with van der Waals surface area (Å²) in [6, 6.07) is -1.13. The lowest BCUT2D eigenvalue weighted by Gasteiger charge is -2.43. The number of carbonyl (C=O) groups excluding carboxylic acids is 3. The number of nitrogens with two attached hydrogens (primary N) is 1. The number of hydrogen-bond acceptors (Lipinski definition) is 4. The standard InChI is InChI=1S/C15H25N3O3/c1-10(14(20)17-15(16)21)18-9-5-4-7-12(18)11-6-2-3-8-13(11)19/h10-12H,2-9H2,1H3,(H3,16,17,20,21). The van der Waals surface area contributed by atoms with E-state index in [1.807, 2.05) is 0 Å². The number of hydrogen-bond donors (Lipinski definition) is 2. The molecule has 1 heterocycles. The fraction of sp³-hybridized carbons (Fsp3) is 0.800. The number of imide groups is 1. The third-order valence-electron chi connectivity index (χ3n) is 4.78. The number of rotatable bonds is 3. The van der Waals surface area contributed by atoms with Gasteiger partial charge in [-0.2, -0.15) is 0 Å². The SMILES string of the molecule is CC(C(=O)NC(N)=O)N1CCCCC1C1CCCCC1=O. The lowest BCUT2D eigenvalue weighted by atomic mass is 9.78. The topological polar surface area (TPSA) is 92.5 Å². The van der Waals surface area contributed by atoms with Gasteiger partial charge in [0.2, 0.25) is 5.91 Å². The van der Waals surface area contributed by atoms with E-state index >= 15 is 0 Å². The molecule has 6 heteroatoms. The Morgan fingerprint density at radius 2 is 1.95 bits per heavy atom. The normalized spacial score (nSPS) is 28.9. The third kappa shape index (κ3) is 3.81. The van der Waals surface area contributed by atoms with E-state index in [0.29, 0.717) is 12.2 Å². The number of nitrogens with zero attached hydrogens (tertiary/aromatic N) is 1. The highest BCUT2D eigenvalue weighted by atomic mass is 16.2. The zero-order chi connectivity index (χ0) is 15.4. The Balaban J connectivity index is 2.09. The van der Waals surface area contributed by atoms with Crippen molar-refractivity contribution in [2.75, 3.05) is 6.54 Å². The number of carbonyl (C=O) groups is 3. The minimum Gasteiger partial charge on any atom is -0.351 e. The highest BCUT2D eigenvalue weighted by Gasteiger charge is 2.38. The van der Waals surface area contributed by atoms with Crippen LogP contribution in [0.4, 0.5) is 4.79 Å². The number of ketones is 1. The van der Waals surface area contributed by atoms with Crippen LogP contribution in [0, 0.1) is 5.92 Å². The second-order valence-electron chi connectivity index (χ2n) is 6.15. The number of nitrogens with one attached hydrogen (secondary N) is 1. The fourth-order valence-corrected chi connectivity index (χ4v) is 3.69. The molecule has 0 aromatic rings. The average molecular weight is 295 g/mol. The summed E-state index contributed by atoms with van der Waals surface area (Å²) in [7, 11) is 0. The van der Waals surface area contributed by atoms with Crippen molar-refractivity contribution >= 4 is 17.7 Å². The average Bonchev–Trinajstić information content (AvgIpc) is 2.46. The van der Waals surface area contributed by atoms with E-state index in [4.69, 9.17) is 5.73 Å². The molecule has 3 atom stereocenters. The zero-order valence-corrected chi connectivity index (χ0v) is 12.6. The second-order valence-corrected chi connectivity index (χ2v) is 6.15. The predicted octanol–water partition coefficient (Wildman–Crippen LogP) is 1.18. The quantitative estimate of drug-likeness (QED) is 0.818. The molecule has 1 aliphatic carbocycles. The van der Waals surface area contributed by atoms with Gasteiger partial charge in [-0.15, -0.1) is 0 Å². The van der Waals surface area contributed by atoms with Crippen LogP contribution in [0.3, 0.4) is 0 Å². The molecule has 0 aromatic heterocycles. The summed E-state index contributed by atoms with van der Waals surface area (Å²) < 4.78 is 0. The van der Waals surface area contributed by atoms with Gasteiger partial charge >= 0.3 is 6.03 Å². The van der Waals surface area contributed by atoms with Gasteiger partial charge in [-0.25, -0.2) is 4.79 Å². The van der Waals surface area contributed by atoms with Gasteiger partial charge in [0.15, 0.2) is 0 Å². The molecule has 21 heavy (non-hydrogen) atoms. The van der Waals surface area contributed by atoms with Crippen LogP contribution in [-0.4, -0.2) is 41.2 Å². The molecular formula is C15H25N3O3. The van der Waals surface area contributed by atoms with Crippen LogP contribution in [0.5, 0.6) is 0 Å². The molecule has 2 rings (SSSR count). The van der Waals surface area contributed by atoms with Crippen molar-refractivity contribution in [1.29, 1.82) is 0 Å². The summed E-state index contributed by atoms with van der Waals surface area (Å²) in [4.78, 5) is 37.2. The lowest BCUT2D eigenvalue weighted by molar-refractivity contribution is -0.133. The van der Waals surface area contributed by atoms with Crippen LogP contribution in [0.1, 0.15) is 51.9 Å². The van der Waals surface area contributed by atoms with Crippen LogP contribution >= 0.6 is 0 Å². The fourth-order valence-electron chi connectivity index (χ4n) is 3.69. The number of likely N-dealkylation sites (tertiary alicyclic amines) is 1. The second kappa shape index (κ2) is 7.02. The molecule has 2 fully saturated rings. The summed E-state index contributed by atoms with van der Waals surface area (Å²) in [5, 5.41) is 2.15. The van der Waals surface area contributed by atoms with Crippen molar-refractivity contribution in [3.05, 3.63) is 0 Å². The van der Waals surface area contributed by atoms with E-state index in [1.54, 1.807) is 6.92 Å². The van der Waals surface area contributed by atoms with Gasteiger partial charge in [0.1, 0.15) is 5.78 Å². The minimum atomic E-state index is -0.825. The third-order valence-corrected chi connectivity index (χ3v) is 4.78. The molecule has 1 saturated carbocycles. The van der Waals surface area contributed by atoms with Crippen LogP contribution in [-0.2, 0) is 9.59 Å². The van der Waals surface area contributed by atoms with E-state index < -0.39 is 12.1 Å². The van der Waals surface area contributed by atoms with Gasteiger partial charge in [-0.05, 0) is 39.2 Å². The first-order chi connectivity index (χ1) is 10.0. The Morgan fingerprint density at radius 3 is 2.62 bits per heavy atom. The maximum atomic E-state index is 12.2. The van der Waals surface area contributed by atoms with Gasteiger partial charge < -0.3 is 5.73 Å². The Morgan fingerprint density at radius 1 is 1.24 bits per heavy atom. The van der Waals surface area contributed by atoms with Gasteiger partial charge in [0.05, 0.1) is 6.04 Å². The molecule has 3 N–H and O–H groups in total. The summed E-state index contributed by atoms with van der Waals surface area (Å²) in [6.07, 6.45) is 6.72. The maximum Gasteiger partial charge on any atom is 0.318 e. The number of primary amides is 1. The van der Waals surface area contributed by atoms with Crippen molar-refractivity contribution in [2.24, 2.45) is 11.7 Å². The lowest BCUT2D eigenvalue weighted by Crippen LogP contribution is -2.56. The van der Waals surface area contributed by atoms with Gasteiger partial charge in [-0.1, -0.05) is 12.8 Å². The van der Waals surface area contributed by atoms with Crippen molar-refractivity contribution < 1.29 is 14.4 Å². The van der Waals surface area contributed by atoms with E-state index in [1.165, 1.54) is 0 Å². The molecule has 2 aliphatic rings. The van der Waals surface area contributed by atoms with Gasteiger partial charge in [0.25, 0.3) is 0 Å². The first-order valence-electron chi connectivity index (χ1n) is 7.89. The molecule has 6 nitrogen and oxygen atoms in total. The van der Waals surface area contributed by atoms with E-state index in [-0.39, 0.29) is 17.9 Å². The van der Waals surface area contributed by atoms with E-state index in [9.17, 15) is 14.4 Å². The van der Waals surface area contributed by atoms with Crippen LogP contribution < -0.4 is 11.1 Å². The smallest absolute Gasteiger partial charge is 0.318 e. The maximum absolute atomic E-state index is 12.2. The van der Waals surface area contributed by atoms with Crippen LogP contribution in [0.25, 0.3) is 0 Å².